The minimum atomic E-state index is -1.08. The molecule has 5 heteroatoms. The molecule has 1 rings (SSSR count). The van der Waals surface area contributed by atoms with Crippen LogP contribution in [0, 0.1) is 0 Å². The number of benzene rings is 1. The lowest BCUT2D eigenvalue weighted by atomic mass is 10.1. The predicted octanol–water partition coefficient (Wildman–Crippen LogP) is 2.15. The molecule has 0 fully saturated rings. The molecule has 1 aromatic carbocycles. The third kappa shape index (κ3) is 3.03. The number of nitrogen functional groups attached to an aromatic ring is 1. The van der Waals surface area contributed by atoms with Crippen molar-refractivity contribution in [2.75, 3.05) is 19.5 Å². The van der Waals surface area contributed by atoms with E-state index in [1.165, 1.54) is 13.2 Å². The first-order valence-corrected chi connectivity index (χ1v) is 5.44. The Kier molecular flexibility index (Phi) is 4.63. The van der Waals surface area contributed by atoms with Crippen LogP contribution in [0.15, 0.2) is 12.1 Å². The van der Waals surface area contributed by atoms with Crippen LogP contribution in [0.1, 0.15) is 30.1 Å². The quantitative estimate of drug-likeness (QED) is 0.587. The molecule has 0 bridgehead atoms. The van der Waals surface area contributed by atoms with E-state index in [0.29, 0.717) is 12.4 Å². The molecular formula is C12H17NO4. The third-order valence-corrected chi connectivity index (χ3v) is 2.35. The largest absolute Gasteiger partial charge is 0.491 e. The van der Waals surface area contributed by atoms with Crippen LogP contribution in [-0.2, 0) is 0 Å². The Bertz CT molecular complexity index is 404. The molecule has 0 aromatic heterocycles. The van der Waals surface area contributed by atoms with E-state index in [2.05, 4.69) is 6.92 Å². The highest BCUT2D eigenvalue weighted by Crippen LogP contribution is 2.35. The molecular weight excluding hydrogens is 222 g/mol. The van der Waals surface area contributed by atoms with Crippen LogP contribution in [0.3, 0.4) is 0 Å². The fourth-order valence-electron chi connectivity index (χ4n) is 1.42. The number of hydrogen-bond acceptors (Lipinski definition) is 4. The van der Waals surface area contributed by atoms with E-state index in [9.17, 15) is 4.79 Å². The summed E-state index contributed by atoms with van der Waals surface area (Å²) in [5.74, 6) is -0.328. The van der Waals surface area contributed by atoms with Crippen LogP contribution in [0.25, 0.3) is 0 Å². The van der Waals surface area contributed by atoms with E-state index < -0.39 is 5.97 Å². The minimum absolute atomic E-state index is 0.0182. The molecule has 0 unspecified atom stereocenters. The molecule has 5 nitrogen and oxygen atoms in total. The topological polar surface area (TPSA) is 81.8 Å². The summed E-state index contributed by atoms with van der Waals surface area (Å²) in [4.78, 5) is 10.9. The average Bonchev–Trinajstić information content (AvgIpc) is 2.29. The summed E-state index contributed by atoms with van der Waals surface area (Å²) in [6, 6.07) is 2.98. The lowest BCUT2D eigenvalue weighted by Crippen LogP contribution is -2.06. The Balaban J connectivity index is 2.99. The van der Waals surface area contributed by atoms with Crippen LogP contribution in [0.2, 0.25) is 0 Å². The number of hydrogen-bond donors (Lipinski definition) is 2. The predicted molar refractivity (Wildman–Crippen MR) is 64.8 cm³/mol. The molecule has 0 aliphatic rings. The lowest BCUT2D eigenvalue weighted by molar-refractivity contribution is 0.0697. The highest BCUT2D eigenvalue weighted by Gasteiger charge is 2.16. The Labute approximate surface area is 100 Å². The van der Waals surface area contributed by atoms with E-state index in [1.54, 1.807) is 6.07 Å². The lowest BCUT2D eigenvalue weighted by Gasteiger charge is -2.13. The smallest absolute Gasteiger partial charge is 0.337 e. The second-order valence-electron chi connectivity index (χ2n) is 3.57. The fraction of sp³-hybridized carbons (Fsp3) is 0.417. The number of aromatic carboxylic acids is 1. The zero-order chi connectivity index (χ0) is 12.8. The molecule has 3 N–H and O–H groups in total. The van der Waals surface area contributed by atoms with Gasteiger partial charge in [0.25, 0.3) is 0 Å². The van der Waals surface area contributed by atoms with Gasteiger partial charge in [0, 0.05) is 0 Å². The molecule has 1 aromatic rings. The van der Waals surface area contributed by atoms with Gasteiger partial charge in [0.05, 0.1) is 25.0 Å². The molecule has 0 aliphatic heterocycles. The molecule has 0 saturated carbocycles. The summed E-state index contributed by atoms with van der Waals surface area (Å²) in [5, 5.41) is 8.91. The summed E-state index contributed by atoms with van der Waals surface area (Å²) in [5.41, 5.74) is 5.82. The second kappa shape index (κ2) is 5.98. The van der Waals surface area contributed by atoms with Crippen molar-refractivity contribution >= 4 is 11.7 Å². The highest BCUT2D eigenvalue weighted by molar-refractivity contribution is 5.96. The van der Waals surface area contributed by atoms with Crippen molar-refractivity contribution in [2.45, 2.75) is 19.8 Å². The van der Waals surface area contributed by atoms with Crippen LogP contribution in [0.4, 0.5) is 5.69 Å². The number of anilines is 1. The molecule has 0 radical (unpaired) electrons. The third-order valence-electron chi connectivity index (χ3n) is 2.35. The SMILES string of the molecule is CCCCOc1ccc(C(=O)O)c(N)c1OC. The number of unbranched alkanes of at least 4 members (excludes halogenated alkanes) is 1. The molecule has 0 heterocycles. The maximum Gasteiger partial charge on any atom is 0.337 e. The van der Waals surface area contributed by atoms with Gasteiger partial charge in [-0.25, -0.2) is 4.79 Å². The van der Waals surface area contributed by atoms with Crippen LogP contribution in [-0.4, -0.2) is 24.8 Å². The van der Waals surface area contributed by atoms with Gasteiger partial charge in [0.2, 0.25) is 0 Å². The average molecular weight is 239 g/mol. The van der Waals surface area contributed by atoms with Gasteiger partial charge >= 0.3 is 5.97 Å². The van der Waals surface area contributed by atoms with Crippen molar-refractivity contribution in [3.63, 3.8) is 0 Å². The summed E-state index contributed by atoms with van der Waals surface area (Å²) in [7, 11) is 1.43. The van der Waals surface area contributed by atoms with E-state index in [4.69, 9.17) is 20.3 Å². The molecule has 17 heavy (non-hydrogen) atoms. The highest BCUT2D eigenvalue weighted by atomic mass is 16.5. The molecule has 0 aliphatic carbocycles. The van der Waals surface area contributed by atoms with Gasteiger partial charge in [-0.3, -0.25) is 0 Å². The zero-order valence-corrected chi connectivity index (χ0v) is 10.0. The Hall–Kier alpha value is -1.91. The van der Waals surface area contributed by atoms with Crippen molar-refractivity contribution in [2.24, 2.45) is 0 Å². The van der Waals surface area contributed by atoms with Crippen LogP contribution in [0.5, 0.6) is 11.5 Å². The molecule has 0 amide bonds. The minimum Gasteiger partial charge on any atom is -0.491 e. The standard InChI is InChI=1S/C12H17NO4/c1-3-4-7-17-9-6-5-8(12(14)15)10(13)11(9)16-2/h5-6H,3-4,7,13H2,1-2H3,(H,14,15). The number of carboxylic acid groups (broad SMARTS) is 1. The Morgan fingerprint density at radius 1 is 1.47 bits per heavy atom. The molecule has 0 atom stereocenters. The molecule has 0 spiro atoms. The van der Waals surface area contributed by atoms with Crippen molar-refractivity contribution in [3.05, 3.63) is 17.7 Å². The van der Waals surface area contributed by atoms with Crippen LogP contribution < -0.4 is 15.2 Å². The Morgan fingerprint density at radius 3 is 2.71 bits per heavy atom. The maximum absolute atomic E-state index is 10.9. The van der Waals surface area contributed by atoms with Gasteiger partial charge in [-0.05, 0) is 18.6 Å². The maximum atomic E-state index is 10.9. The van der Waals surface area contributed by atoms with Gasteiger partial charge in [-0.2, -0.15) is 0 Å². The van der Waals surface area contributed by atoms with Gasteiger partial charge in [-0.1, -0.05) is 13.3 Å². The fourth-order valence-corrected chi connectivity index (χ4v) is 1.42. The number of rotatable bonds is 6. The number of carbonyl (C=O) groups is 1. The summed E-state index contributed by atoms with van der Waals surface area (Å²) >= 11 is 0. The number of methoxy groups -OCH3 is 1. The van der Waals surface area contributed by atoms with Crippen molar-refractivity contribution in [1.29, 1.82) is 0 Å². The van der Waals surface area contributed by atoms with E-state index in [0.717, 1.165) is 12.8 Å². The number of nitrogens with two attached hydrogens (primary N) is 1. The second-order valence-corrected chi connectivity index (χ2v) is 3.57. The number of ether oxygens (including phenoxy) is 2. The first kappa shape index (κ1) is 13.2. The van der Waals surface area contributed by atoms with Crippen molar-refractivity contribution < 1.29 is 19.4 Å². The van der Waals surface area contributed by atoms with Crippen molar-refractivity contribution in [1.82, 2.24) is 0 Å². The monoisotopic (exact) mass is 239 g/mol. The summed E-state index contributed by atoms with van der Waals surface area (Å²) in [6.07, 6.45) is 1.94. The first-order valence-electron chi connectivity index (χ1n) is 5.44. The molecule has 0 saturated heterocycles. The van der Waals surface area contributed by atoms with Gasteiger partial charge in [-0.15, -0.1) is 0 Å². The van der Waals surface area contributed by atoms with Gasteiger partial charge < -0.3 is 20.3 Å². The zero-order valence-electron chi connectivity index (χ0n) is 10.0. The summed E-state index contributed by atoms with van der Waals surface area (Å²) < 4.78 is 10.6. The van der Waals surface area contributed by atoms with Crippen molar-refractivity contribution in [3.8, 4) is 11.5 Å². The Morgan fingerprint density at radius 2 is 2.18 bits per heavy atom. The van der Waals surface area contributed by atoms with E-state index >= 15 is 0 Å². The molecule has 94 valence electrons. The van der Waals surface area contributed by atoms with E-state index in [1.807, 2.05) is 0 Å². The number of carboxylic acids is 1. The first-order chi connectivity index (χ1) is 8.11. The summed E-state index contributed by atoms with van der Waals surface area (Å²) in [6.45, 7) is 2.61. The van der Waals surface area contributed by atoms with Gasteiger partial charge in [0.15, 0.2) is 11.5 Å². The van der Waals surface area contributed by atoms with Gasteiger partial charge in [0.1, 0.15) is 0 Å². The normalized spacial score (nSPS) is 10.0. The van der Waals surface area contributed by atoms with E-state index in [-0.39, 0.29) is 17.0 Å². The van der Waals surface area contributed by atoms with Crippen LogP contribution >= 0.6 is 0 Å².